The Bertz CT molecular complexity index is 717. The second-order valence-electron chi connectivity index (χ2n) is 5.36. The van der Waals surface area contributed by atoms with E-state index in [2.05, 4.69) is 10.4 Å². The number of sulfone groups is 1. The van der Waals surface area contributed by atoms with Gasteiger partial charge in [0, 0.05) is 25.0 Å². The Morgan fingerprint density at radius 1 is 1.35 bits per heavy atom. The van der Waals surface area contributed by atoms with Crippen LogP contribution in [0.3, 0.4) is 0 Å². The highest BCUT2D eigenvalue weighted by molar-refractivity contribution is 7.90. The maximum absolute atomic E-state index is 12.3. The van der Waals surface area contributed by atoms with E-state index in [1.165, 1.54) is 0 Å². The molecule has 0 radical (unpaired) electrons. The van der Waals surface area contributed by atoms with Gasteiger partial charge in [0.2, 0.25) is 0 Å². The molecule has 0 spiro atoms. The highest BCUT2D eigenvalue weighted by Gasteiger charge is 2.26. The summed E-state index contributed by atoms with van der Waals surface area (Å²) in [6.45, 7) is 4.37. The fourth-order valence-electron chi connectivity index (χ4n) is 2.64. The normalized spacial score (nSPS) is 16.4. The summed E-state index contributed by atoms with van der Waals surface area (Å²) in [5.41, 5.74) is 1.68. The first-order valence-electron chi connectivity index (χ1n) is 6.94. The first kappa shape index (κ1) is 13.6. The van der Waals surface area contributed by atoms with Crippen LogP contribution in [-0.4, -0.2) is 37.0 Å². The molecule has 1 saturated heterocycles. The van der Waals surface area contributed by atoms with Crippen molar-refractivity contribution in [2.24, 2.45) is 5.92 Å². The number of rotatable bonds is 5. The van der Waals surface area contributed by atoms with Crippen molar-refractivity contribution in [3.63, 3.8) is 0 Å². The lowest BCUT2D eigenvalue weighted by Gasteiger charge is -2.26. The van der Waals surface area contributed by atoms with Crippen LogP contribution >= 0.6 is 0 Å². The fourth-order valence-corrected chi connectivity index (χ4v) is 4.34. The molecule has 0 unspecified atom stereocenters. The number of nitrogens with zero attached hydrogens (tertiary/aromatic N) is 2. The van der Waals surface area contributed by atoms with Gasteiger partial charge in [-0.3, -0.25) is 4.68 Å². The van der Waals surface area contributed by atoms with E-state index in [4.69, 9.17) is 0 Å². The van der Waals surface area contributed by atoms with Crippen LogP contribution in [0, 0.1) is 5.92 Å². The van der Waals surface area contributed by atoms with Crippen molar-refractivity contribution in [2.75, 3.05) is 18.8 Å². The molecule has 2 heterocycles. The molecule has 1 aromatic heterocycles. The zero-order chi connectivity index (χ0) is 14.2. The third kappa shape index (κ3) is 2.58. The molecule has 1 aliphatic rings. The molecule has 0 atom stereocenters. The zero-order valence-corrected chi connectivity index (χ0v) is 12.4. The van der Waals surface area contributed by atoms with Crippen molar-refractivity contribution in [3.8, 4) is 0 Å². The number of benzene rings is 1. The standard InChI is InChI=1S/C14H19N3O2S/c1-2-17-14-6-4-3-5-12(14)13(16-17)10-20(18,19)9-11-7-15-8-11/h3-6,11,15H,2,7-10H2,1H3. The topological polar surface area (TPSA) is 64.0 Å². The molecule has 1 aromatic carbocycles. The highest BCUT2D eigenvalue weighted by atomic mass is 32.2. The van der Waals surface area contributed by atoms with E-state index in [0.717, 1.165) is 30.5 Å². The largest absolute Gasteiger partial charge is 0.316 e. The molecule has 5 nitrogen and oxygen atoms in total. The Labute approximate surface area is 118 Å². The number of aromatic nitrogens is 2. The Balaban J connectivity index is 1.90. The van der Waals surface area contributed by atoms with Crippen molar-refractivity contribution in [1.82, 2.24) is 15.1 Å². The van der Waals surface area contributed by atoms with Crippen LogP contribution in [0.5, 0.6) is 0 Å². The SMILES string of the molecule is CCn1nc(CS(=O)(=O)CC2CNC2)c2ccccc21. The molecule has 2 aromatic rings. The molecule has 1 aliphatic heterocycles. The first-order chi connectivity index (χ1) is 9.59. The lowest BCUT2D eigenvalue weighted by molar-refractivity contribution is 0.378. The van der Waals surface area contributed by atoms with Crippen LogP contribution in [0.4, 0.5) is 0 Å². The number of hydrogen-bond donors (Lipinski definition) is 1. The van der Waals surface area contributed by atoms with Gasteiger partial charge in [0.05, 0.1) is 22.7 Å². The lowest BCUT2D eigenvalue weighted by atomic mass is 10.1. The number of nitrogens with one attached hydrogen (secondary N) is 1. The summed E-state index contributed by atoms with van der Waals surface area (Å²) in [4.78, 5) is 0. The van der Waals surface area contributed by atoms with Crippen molar-refractivity contribution < 1.29 is 8.42 Å². The average Bonchev–Trinajstić information content (AvgIpc) is 2.72. The van der Waals surface area contributed by atoms with Gasteiger partial charge in [0.25, 0.3) is 0 Å². The predicted octanol–water partition coefficient (Wildman–Crippen LogP) is 1.19. The zero-order valence-electron chi connectivity index (χ0n) is 11.5. The van der Waals surface area contributed by atoms with Gasteiger partial charge < -0.3 is 5.32 Å². The number of para-hydroxylation sites is 1. The summed E-state index contributed by atoms with van der Waals surface area (Å²) in [5.74, 6) is 0.559. The van der Waals surface area contributed by atoms with Gasteiger partial charge >= 0.3 is 0 Å². The minimum atomic E-state index is -3.10. The average molecular weight is 293 g/mol. The third-order valence-electron chi connectivity index (χ3n) is 3.75. The van der Waals surface area contributed by atoms with Gasteiger partial charge in [-0.25, -0.2) is 8.42 Å². The van der Waals surface area contributed by atoms with E-state index in [9.17, 15) is 8.42 Å². The molecule has 3 rings (SSSR count). The molecule has 6 heteroatoms. The van der Waals surface area contributed by atoms with Crippen LogP contribution in [0.15, 0.2) is 24.3 Å². The maximum Gasteiger partial charge on any atom is 0.156 e. The van der Waals surface area contributed by atoms with Crippen molar-refractivity contribution in [3.05, 3.63) is 30.0 Å². The van der Waals surface area contributed by atoms with Gasteiger partial charge in [0.15, 0.2) is 9.84 Å². The van der Waals surface area contributed by atoms with Gasteiger partial charge in [0.1, 0.15) is 0 Å². The van der Waals surface area contributed by atoms with Gasteiger partial charge in [-0.05, 0) is 18.9 Å². The van der Waals surface area contributed by atoms with Crippen molar-refractivity contribution >= 4 is 20.7 Å². The molecule has 0 saturated carbocycles. The van der Waals surface area contributed by atoms with Gasteiger partial charge in [-0.2, -0.15) is 5.10 Å². The van der Waals surface area contributed by atoms with E-state index in [1.807, 2.05) is 35.9 Å². The second-order valence-corrected chi connectivity index (χ2v) is 7.47. The first-order valence-corrected chi connectivity index (χ1v) is 8.77. The van der Waals surface area contributed by atoms with Crippen LogP contribution in [0.25, 0.3) is 10.9 Å². The van der Waals surface area contributed by atoms with Crippen molar-refractivity contribution in [2.45, 2.75) is 19.2 Å². The molecule has 0 aliphatic carbocycles. The predicted molar refractivity (Wildman–Crippen MR) is 79.3 cm³/mol. The van der Waals surface area contributed by atoms with Gasteiger partial charge in [-0.1, -0.05) is 18.2 Å². The molecule has 0 bridgehead atoms. The van der Waals surface area contributed by atoms with Crippen LogP contribution in [-0.2, 0) is 22.1 Å². The summed E-state index contributed by atoms with van der Waals surface area (Å²) in [7, 11) is -3.10. The Morgan fingerprint density at radius 3 is 2.75 bits per heavy atom. The monoisotopic (exact) mass is 293 g/mol. The van der Waals surface area contributed by atoms with E-state index in [0.29, 0.717) is 5.69 Å². The maximum atomic E-state index is 12.3. The Morgan fingerprint density at radius 2 is 2.10 bits per heavy atom. The summed E-state index contributed by atoms with van der Waals surface area (Å²) < 4.78 is 26.4. The number of aryl methyl sites for hydroxylation is 1. The second kappa shape index (κ2) is 5.18. The molecule has 1 N–H and O–H groups in total. The third-order valence-corrected chi connectivity index (χ3v) is 5.44. The Kier molecular flexibility index (Phi) is 3.52. The van der Waals surface area contributed by atoms with Gasteiger partial charge in [-0.15, -0.1) is 0 Å². The van der Waals surface area contributed by atoms with Crippen LogP contribution in [0.1, 0.15) is 12.6 Å². The number of fused-ring (bicyclic) bond motifs is 1. The molecule has 0 amide bonds. The van der Waals surface area contributed by atoms with E-state index < -0.39 is 9.84 Å². The smallest absolute Gasteiger partial charge is 0.156 e. The minimum absolute atomic E-state index is 0.0387. The van der Waals surface area contributed by atoms with E-state index in [-0.39, 0.29) is 17.4 Å². The van der Waals surface area contributed by atoms with Crippen LogP contribution < -0.4 is 5.32 Å². The lowest BCUT2D eigenvalue weighted by Crippen LogP contribution is -2.45. The molecular weight excluding hydrogens is 274 g/mol. The summed E-state index contributed by atoms with van der Waals surface area (Å²) >= 11 is 0. The fraction of sp³-hybridized carbons (Fsp3) is 0.500. The van der Waals surface area contributed by atoms with E-state index >= 15 is 0 Å². The number of hydrogen-bond acceptors (Lipinski definition) is 4. The minimum Gasteiger partial charge on any atom is -0.316 e. The summed E-state index contributed by atoms with van der Waals surface area (Å²) in [6.07, 6.45) is 0. The molecular formula is C14H19N3O2S. The summed E-state index contributed by atoms with van der Waals surface area (Å²) in [6, 6.07) is 7.81. The van der Waals surface area contributed by atoms with Crippen LogP contribution in [0.2, 0.25) is 0 Å². The highest BCUT2D eigenvalue weighted by Crippen LogP contribution is 2.21. The van der Waals surface area contributed by atoms with E-state index in [1.54, 1.807) is 0 Å². The molecule has 20 heavy (non-hydrogen) atoms. The molecule has 1 fully saturated rings. The summed E-state index contributed by atoms with van der Waals surface area (Å²) in [5, 5.41) is 8.52. The Hall–Kier alpha value is -1.40. The van der Waals surface area contributed by atoms with Crippen molar-refractivity contribution in [1.29, 1.82) is 0 Å². The molecule has 108 valence electrons. The quantitative estimate of drug-likeness (QED) is 0.899.